The second-order valence-electron chi connectivity index (χ2n) is 6.56. The highest BCUT2D eigenvalue weighted by molar-refractivity contribution is 9.11. The van der Waals surface area contributed by atoms with Gasteiger partial charge < -0.3 is 5.11 Å². The highest BCUT2D eigenvalue weighted by Crippen LogP contribution is 2.42. The molecular formula is C22H13Br3N2O3. The van der Waals surface area contributed by atoms with Gasteiger partial charge in [0, 0.05) is 25.2 Å². The minimum Gasteiger partial charge on any atom is -0.503 e. The van der Waals surface area contributed by atoms with Crippen molar-refractivity contribution in [3.8, 4) is 0 Å². The molecule has 2 heterocycles. The van der Waals surface area contributed by atoms with Crippen LogP contribution in [0.4, 0.5) is 5.82 Å². The molecule has 1 aliphatic rings. The fourth-order valence-electron chi connectivity index (χ4n) is 3.32. The van der Waals surface area contributed by atoms with Crippen LogP contribution in [0.15, 0.2) is 91.6 Å². The molecule has 8 heteroatoms. The molecule has 150 valence electrons. The maximum atomic E-state index is 13.4. The summed E-state index contributed by atoms with van der Waals surface area (Å²) in [4.78, 5) is 32.1. The Morgan fingerprint density at radius 3 is 2.10 bits per heavy atom. The van der Waals surface area contributed by atoms with Gasteiger partial charge >= 0.3 is 0 Å². The number of ketones is 1. The van der Waals surface area contributed by atoms with E-state index in [4.69, 9.17) is 0 Å². The number of nitrogens with zero attached hydrogens (tertiary/aromatic N) is 2. The van der Waals surface area contributed by atoms with E-state index in [9.17, 15) is 14.7 Å². The van der Waals surface area contributed by atoms with Gasteiger partial charge in [-0.15, -0.1) is 0 Å². The number of hydrogen-bond acceptors (Lipinski definition) is 4. The van der Waals surface area contributed by atoms with E-state index in [0.29, 0.717) is 16.9 Å². The summed E-state index contributed by atoms with van der Waals surface area (Å²) < 4.78 is 2.41. The highest BCUT2D eigenvalue weighted by Gasteiger charge is 2.45. The standard InChI is InChI=1S/C22H13Br3N2O3/c23-14-5-1-12(2-6-14)19-18(20(28)13-3-7-15(24)8-4-13)21(29)22(30)27(19)17-11-16(25)9-10-26-17/h1-11,19,29H. The monoisotopic (exact) mass is 590 g/mol. The largest absolute Gasteiger partial charge is 0.503 e. The number of Topliss-reactive ketones (excluding diaryl/α,β-unsaturated/α-hetero) is 1. The lowest BCUT2D eigenvalue weighted by molar-refractivity contribution is -0.117. The lowest BCUT2D eigenvalue weighted by Gasteiger charge is -2.26. The third-order valence-corrected chi connectivity index (χ3v) is 6.25. The molecular weight excluding hydrogens is 580 g/mol. The fraction of sp³-hybridized carbons (Fsp3) is 0.0455. The number of pyridine rings is 1. The Balaban J connectivity index is 1.88. The van der Waals surface area contributed by atoms with Crippen LogP contribution in [0.2, 0.25) is 0 Å². The lowest BCUT2D eigenvalue weighted by Crippen LogP contribution is -2.31. The predicted octanol–water partition coefficient (Wildman–Crippen LogP) is 6.15. The summed E-state index contributed by atoms with van der Waals surface area (Å²) in [5.74, 6) is -1.34. The second kappa shape index (κ2) is 8.45. The van der Waals surface area contributed by atoms with E-state index in [-0.39, 0.29) is 5.57 Å². The van der Waals surface area contributed by atoms with Crippen molar-refractivity contribution in [2.75, 3.05) is 4.90 Å². The summed E-state index contributed by atoms with van der Waals surface area (Å²) in [5.41, 5.74) is 1.07. The molecule has 1 aromatic heterocycles. The molecule has 0 spiro atoms. The summed E-state index contributed by atoms with van der Waals surface area (Å²) >= 11 is 10.1. The first-order valence-corrected chi connectivity index (χ1v) is 11.2. The van der Waals surface area contributed by atoms with E-state index in [1.54, 1.807) is 54.7 Å². The third-order valence-electron chi connectivity index (χ3n) is 4.70. The molecule has 0 saturated heterocycles. The van der Waals surface area contributed by atoms with Crippen molar-refractivity contribution in [2.24, 2.45) is 0 Å². The van der Waals surface area contributed by atoms with Gasteiger partial charge in [-0.3, -0.25) is 14.5 Å². The van der Waals surface area contributed by atoms with Gasteiger partial charge in [0.1, 0.15) is 5.82 Å². The zero-order chi connectivity index (χ0) is 21.4. The molecule has 0 fully saturated rings. The average Bonchev–Trinajstić information content (AvgIpc) is 2.99. The molecule has 1 unspecified atom stereocenters. The number of halogens is 3. The normalized spacial score (nSPS) is 16.3. The second-order valence-corrected chi connectivity index (χ2v) is 9.31. The first kappa shape index (κ1) is 21.0. The molecule has 1 N–H and O–H groups in total. The average molecular weight is 593 g/mol. The Labute approximate surface area is 197 Å². The van der Waals surface area contributed by atoms with Crippen LogP contribution in [0, 0.1) is 0 Å². The molecule has 2 aromatic carbocycles. The van der Waals surface area contributed by atoms with Gasteiger partial charge in [0.05, 0.1) is 11.6 Å². The summed E-state index contributed by atoms with van der Waals surface area (Å²) in [6.07, 6.45) is 1.55. The van der Waals surface area contributed by atoms with E-state index < -0.39 is 23.5 Å². The Hall–Kier alpha value is -2.29. The zero-order valence-electron chi connectivity index (χ0n) is 15.2. The molecule has 0 radical (unpaired) electrons. The van der Waals surface area contributed by atoms with Gasteiger partial charge in [-0.2, -0.15) is 0 Å². The number of amides is 1. The molecule has 4 rings (SSSR count). The molecule has 5 nitrogen and oxygen atoms in total. The number of benzene rings is 2. The van der Waals surface area contributed by atoms with Crippen molar-refractivity contribution in [1.29, 1.82) is 0 Å². The van der Waals surface area contributed by atoms with Crippen molar-refractivity contribution in [2.45, 2.75) is 6.04 Å². The van der Waals surface area contributed by atoms with Gasteiger partial charge in [-0.25, -0.2) is 4.98 Å². The maximum absolute atomic E-state index is 13.4. The van der Waals surface area contributed by atoms with Crippen LogP contribution in [0.25, 0.3) is 0 Å². The summed E-state index contributed by atoms with van der Waals surface area (Å²) in [5, 5.41) is 10.7. The minimum atomic E-state index is -0.816. The number of anilines is 1. The van der Waals surface area contributed by atoms with Crippen molar-refractivity contribution in [3.05, 3.63) is 103 Å². The SMILES string of the molecule is O=C(C1=C(O)C(=O)N(c2cc(Br)ccn2)C1c1ccc(Br)cc1)c1ccc(Br)cc1. The number of aliphatic hydroxyl groups is 1. The number of hydrogen-bond donors (Lipinski definition) is 1. The molecule has 30 heavy (non-hydrogen) atoms. The number of aromatic nitrogens is 1. The number of carbonyl (C=O) groups is 2. The maximum Gasteiger partial charge on any atom is 0.295 e. The molecule has 3 aromatic rings. The lowest BCUT2D eigenvalue weighted by atomic mass is 9.93. The summed E-state index contributed by atoms with van der Waals surface area (Å²) in [6, 6.07) is 16.6. The van der Waals surface area contributed by atoms with Crippen LogP contribution in [-0.2, 0) is 4.79 Å². The zero-order valence-corrected chi connectivity index (χ0v) is 20.0. The van der Waals surface area contributed by atoms with Gasteiger partial charge in [-0.05, 0) is 54.1 Å². The molecule has 0 bridgehead atoms. The van der Waals surface area contributed by atoms with Gasteiger partial charge in [-0.1, -0.05) is 59.9 Å². The number of rotatable bonds is 4. The Kier molecular flexibility index (Phi) is 5.90. The van der Waals surface area contributed by atoms with Crippen molar-refractivity contribution in [1.82, 2.24) is 4.98 Å². The van der Waals surface area contributed by atoms with E-state index in [0.717, 1.165) is 13.4 Å². The van der Waals surface area contributed by atoms with Gasteiger partial charge in [0.15, 0.2) is 11.5 Å². The van der Waals surface area contributed by atoms with Crippen LogP contribution in [0.3, 0.4) is 0 Å². The molecule has 0 aliphatic carbocycles. The number of carbonyl (C=O) groups excluding carboxylic acids is 2. The van der Waals surface area contributed by atoms with Crippen LogP contribution < -0.4 is 4.90 Å². The molecule has 0 saturated carbocycles. The van der Waals surface area contributed by atoms with Crippen LogP contribution in [0.1, 0.15) is 22.0 Å². The first-order valence-electron chi connectivity index (χ1n) is 8.81. The summed E-state index contributed by atoms with van der Waals surface area (Å²) in [6.45, 7) is 0. The van der Waals surface area contributed by atoms with Gasteiger partial charge in [0.25, 0.3) is 5.91 Å². The van der Waals surface area contributed by atoms with Crippen LogP contribution in [-0.4, -0.2) is 21.8 Å². The van der Waals surface area contributed by atoms with Crippen molar-refractivity contribution < 1.29 is 14.7 Å². The summed E-state index contributed by atoms with van der Waals surface area (Å²) in [7, 11) is 0. The van der Waals surface area contributed by atoms with E-state index in [2.05, 4.69) is 52.8 Å². The highest BCUT2D eigenvalue weighted by atomic mass is 79.9. The smallest absolute Gasteiger partial charge is 0.295 e. The van der Waals surface area contributed by atoms with Gasteiger partial charge in [0.2, 0.25) is 0 Å². The Morgan fingerprint density at radius 1 is 0.900 bits per heavy atom. The molecule has 1 atom stereocenters. The molecule has 1 aliphatic heterocycles. The van der Waals surface area contributed by atoms with E-state index in [1.807, 2.05) is 12.1 Å². The van der Waals surface area contributed by atoms with Crippen molar-refractivity contribution >= 4 is 65.3 Å². The Bertz CT molecular complexity index is 1170. The quantitative estimate of drug-likeness (QED) is 0.369. The van der Waals surface area contributed by atoms with Crippen molar-refractivity contribution in [3.63, 3.8) is 0 Å². The number of aliphatic hydroxyl groups excluding tert-OH is 1. The van der Waals surface area contributed by atoms with Crippen LogP contribution in [0.5, 0.6) is 0 Å². The minimum absolute atomic E-state index is 0.0198. The third kappa shape index (κ3) is 3.87. The van der Waals surface area contributed by atoms with E-state index in [1.165, 1.54) is 4.90 Å². The molecule has 1 amide bonds. The Morgan fingerprint density at radius 2 is 1.50 bits per heavy atom. The van der Waals surface area contributed by atoms with E-state index >= 15 is 0 Å². The van der Waals surface area contributed by atoms with Crippen LogP contribution >= 0.6 is 47.8 Å². The predicted molar refractivity (Wildman–Crippen MR) is 124 cm³/mol. The topological polar surface area (TPSA) is 70.5 Å². The first-order chi connectivity index (χ1) is 14.4. The fourth-order valence-corrected chi connectivity index (χ4v) is 4.17.